The largest absolute Gasteiger partial charge is 0.230 e. The highest BCUT2D eigenvalue weighted by Gasteiger charge is 2.18. The first-order chi connectivity index (χ1) is 7.93. The second-order valence-electron chi connectivity index (χ2n) is 4.25. The van der Waals surface area contributed by atoms with Crippen LogP contribution in [0.2, 0.25) is 0 Å². The highest BCUT2D eigenvalue weighted by atomic mass is 15.5. The number of aryl methyl sites for hydroxylation is 2. The van der Waals surface area contributed by atoms with E-state index in [2.05, 4.69) is 45.9 Å². The van der Waals surface area contributed by atoms with Crippen molar-refractivity contribution in [3.8, 4) is 0 Å². The van der Waals surface area contributed by atoms with Crippen molar-refractivity contribution in [2.75, 3.05) is 0 Å². The minimum atomic E-state index is 0.629. The molecule has 0 amide bonds. The summed E-state index contributed by atoms with van der Waals surface area (Å²) in [6.07, 6.45) is 3.25. The van der Waals surface area contributed by atoms with Crippen molar-refractivity contribution in [3.63, 3.8) is 0 Å². The molecule has 0 N–H and O–H groups in total. The molecule has 16 heavy (non-hydrogen) atoms. The molecule has 2 heterocycles. The SMILES string of the molecule is c1ccc(C2CCc3nnnn3CC2)cc1. The predicted octanol–water partition coefficient (Wildman–Crippen LogP) is 1.79. The Hall–Kier alpha value is -1.71. The van der Waals surface area contributed by atoms with Crippen LogP contribution in [0, 0.1) is 0 Å². The molecule has 82 valence electrons. The Kier molecular flexibility index (Phi) is 2.40. The lowest BCUT2D eigenvalue weighted by molar-refractivity contribution is 0.518. The minimum absolute atomic E-state index is 0.629. The van der Waals surface area contributed by atoms with Crippen LogP contribution in [0.15, 0.2) is 30.3 Å². The van der Waals surface area contributed by atoms with Crippen LogP contribution in [0.5, 0.6) is 0 Å². The number of hydrogen-bond donors (Lipinski definition) is 0. The van der Waals surface area contributed by atoms with Gasteiger partial charge in [-0.3, -0.25) is 0 Å². The molecule has 0 fully saturated rings. The zero-order valence-electron chi connectivity index (χ0n) is 9.08. The van der Waals surface area contributed by atoms with Gasteiger partial charge in [-0.2, -0.15) is 0 Å². The van der Waals surface area contributed by atoms with Gasteiger partial charge in [-0.1, -0.05) is 30.3 Å². The number of benzene rings is 1. The van der Waals surface area contributed by atoms with Gasteiger partial charge in [0.2, 0.25) is 0 Å². The summed E-state index contributed by atoms with van der Waals surface area (Å²) in [7, 11) is 0. The Morgan fingerprint density at radius 2 is 2.00 bits per heavy atom. The summed E-state index contributed by atoms with van der Waals surface area (Å²) in [5, 5.41) is 11.8. The molecule has 1 aliphatic heterocycles. The van der Waals surface area contributed by atoms with E-state index < -0.39 is 0 Å². The molecule has 1 aromatic carbocycles. The standard InChI is InChI=1S/C12H14N4/c1-2-4-10(5-3-1)11-6-7-12-13-14-15-16(12)9-8-11/h1-5,11H,6-9H2. The van der Waals surface area contributed by atoms with E-state index in [0.717, 1.165) is 31.6 Å². The smallest absolute Gasteiger partial charge is 0.151 e. The molecule has 0 saturated carbocycles. The molecule has 4 nitrogen and oxygen atoms in total. The van der Waals surface area contributed by atoms with Crippen LogP contribution >= 0.6 is 0 Å². The molecule has 1 unspecified atom stereocenters. The van der Waals surface area contributed by atoms with Gasteiger partial charge >= 0.3 is 0 Å². The summed E-state index contributed by atoms with van der Waals surface area (Å²) >= 11 is 0. The summed E-state index contributed by atoms with van der Waals surface area (Å²) in [5.74, 6) is 1.66. The second kappa shape index (κ2) is 4.04. The molecule has 2 aromatic rings. The van der Waals surface area contributed by atoms with Gasteiger partial charge in [-0.25, -0.2) is 4.68 Å². The third kappa shape index (κ3) is 1.71. The first-order valence-electron chi connectivity index (χ1n) is 5.73. The lowest BCUT2D eigenvalue weighted by Gasteiger charge is -2.13. The molecular formula is C12H14N4. The van der Waals surface area contributed by atoms with E-state index >= 15 is 0 Å². The quantitative estimate of drug-likeness (QED) is 0.727. The van der Waals surface area contributed by atoms with Crippen LogP contribution in [-0.2, 0) is 13.0 Å². The van der Waals surface area contributed by atoms with Crippen molar-refractivity contribution in [3.05, 3.63) is 41.7 Å². The van der Waals surface area contributed by atoms with E-state index in [0.29, 0.717) is 5.92 Å². The summed E-state index contributed by atoms with van der Waals surface area (Å²) in [4.78, 5) is 0. The van der Waals surface area contributed by atoms with Crippen LogP contribution in [0.4, 0.5) is 0 Å². The van der Waals surface area contributed by atoms with Crippen molar-refractivity contribution in [2.24, 2.45) is 0 Å². The Balaban J connectivity index is 1.80. The maximum absolute atomic E-state index is 4.05. The fraction of sp³-hybridized carbons (Fsp3) is 0.417. The maximum Gasteiger partial charge on any atom is 0.151 e. The van der Waals surface area contributed by atoms with E-state index in [1.165, 1.54) is 5.56 Å². The van der Waals surface area contributed by atoms with E-state index in [1.54, 1.807) is 0 Å². The van der Waals surface area contributed by atoms with Gasteiger partial charge < -0.3 is 0 Å². The van der Waals surface area contributed by atoms with Crippen LogP contribution in [0.3, 0.4) is 0 Å². The molecule has 1 aromatic heterocycles. The van der Waals surface area contributed by atoms with E-state index in [4.69, 9.17) is 0 Å². The maximum atomic E-state index is 4.05. The minimum Gasteiger partial charge on any atom is -0.230 e. The number of hydrogen-bond acceptors (Lipinski definition) is 3. The summed E-state index contributed by atoms with van der Waals surface area (Å²) in [5.41, 5.74) is 1.43. The van der Waals surface area contributed by atoms with Crippen LogP contribution < -0.4 is 0 Å². The van der Waals surface area contributed by atoms with Gasteiger partial charge in [0.25, 0.3) is 0 Å². The molecule has 1 aliphatic rings. The first kappa shape index (κ1) is 9.51. The molecule has 0 radical (unpaired) electrons. The van der Waals surface area contributed by atoms with Crippen LogP contribution in [-0.4, -0.2) is 20.2 Å². The van der Waals surface area contributed by atoms with Gasteiger partial charge in [-0.05, 0) is 34.7 Å². The molecule has 4 heteroatoms. The predicted molar refractivity (Wildman–Crippen MR) is 59.9 cm³/mol. The molecule has 0 bridgehead atoms. The summed E-state index contributed by atoms with van der Waals surface area (Å²) in [6, 6.07) is 10.7. The number of nitrogens with zero attached hydrogens (tertiary/aromatic N) is 4. The van der Waals surface area contributed by atoms with Gasteiger partial charge in [0.1, 0.15) is 0 Å². The molecule has 3 rings (SSSR count). The number of tetrazole rings is 1. The van der Waals surface area contributed by atoms with Crippen molar-refractivity contribution in [1.82, 2.24) is 20.2 Å². The van der Waals surface area contributed by atoms with Crippen molar-refractivity contribution in [2.45, 2.75) is 31.7 Å². The lowest BCUT2D eigenvalue weighted by atomic mass is 9.92. The normalized spacial score (nSPS) is 20.1. The second-order valence-corrected chi connectivity index (χ2v) is 4.25. The van der Waals surface area contributed by atoms with Gasteiger partial charge in [-0.15, -0.1) is 5.10 Å². The molecule has 0 aliphatic carbocycles. The molecule has 0 spiro atoms. The van der Waals surface area contributed by atoms with Crippen molar-refractivity contribution < 1.29 is 0 Å². The number of fused-ring (bicyclic) bond motifs is 1. The molecular weight excluding hydrogens is 200 g/mol. The average Bonchev–Trinajstić information content (AvgIpc) is 2.70. The average molecular weight is 214 g/mol. The van der Waals surface area contributed by atoms with E-state index in [1.807, 2.05) is 4.68 Å². The van der Waals surface area contributed by atoms with Gasteiger partial charge in [0.05, 0.1) is 0 Å². The Bertz CT molecular complexity index is 440. The summed E-state index contributed by atoms with van der Waals surface area (Å²) < 4.78 is 1.93. The fourth-order valence-corrected chi connectivity index (χ4v) is 2.36. The first-order valence-corrected chi connectivity index (χ1v) is 5.73. The Morgan fingerprint density at radius 3 is 2.88 bits per heavy atom. The lowest BCUT2D eigenvalue weighted by Crippen LogP contribution is -2.03. The van der Waals surface area contributed by atoms with E-state index in [9.17, 15) is 0 Å². The third-order valence-corrected chi connectivity index (χ3v) is 3.28. The van der Waals surface area contributed by atoms with Gasteiger partial charge in [0.15, 0.2) is 5.82 Å². The highest BCUT2D eigenvalue weighted by molar-refractivity contribution is 5.19. The highest BCUT2D eigenvalue weighted by Crippen LogP contribution is 2.27. The van der Waals surface area contributed by atoms with E-state index in [-0.39, 0.29) is 0 Å². The van der Waals surface area contributed by atoms with Crippen molar-refractivity contribution in [1.29, 1.82) is 0 Å². The number of rotatable bonds is 1. The van der Waals surface area contributed by atoms with Crippen molar-refractivity contribution >= 4 is 0 Å². The van der Waals surface area contributed by atoms with Crippen LogP contribution in [0.25, 0.3) is 0 Å². The Morgan fingerprint density at radius 1 is 1.12 bits per heavy atom. The molecule has 0 saturated heterocycles. The monoisotopic (exact) mass is 214 g/mol. The Labute approximate surface area is 94.3 Å². The zero-order valence-corrected chi connectivity index (χ0v) is 9.08. The third-order valence-electron chi connectivity index (χ3n) is 3.28. The number of aromatic nitrogens is 4. The zero-order chi connectivity index (χ0) is 10.8. The molecule has 1 atom stereocenters. The topological polar surface area (TPSA) is 43.6 Å². The van der Waals surface area contributed by atoms with Crippen LogP contribution in [0.1, 0.15) is 30.1 Å². The van der Waals surface area contributed by atoms with Gasteiger partial charge in [0, 0.05) is 13.0 Å². The fourth-order valence-electron chi connectivity index (χ4n) is 2.36. The summed E-state index contributed by atoms with van der Waals surface area (Å²) in [6.45, 7) is 0.932.